The summed E-state index contributed by atoms with van der Waals surface area (Å²) in [7, 11) is 0. The van der Waals surface area contributed by atoms with Gasteiger partial charge in [-0.25, -0.2) is 0 Å². The fraction of sp³-hybridized carbons (Fsp3) is 0.213. The molecule has 0 unspecified atom stereocenters. The van der Waals surface area contributed by atoms with Crippen molar-refractivity contribution in [3.63, 3.8) is 0 Å². The lowest BCUT2D eigenvalue weighted by molar-refractivity contribution is 0.443. The zero-order valence-electron chi connectivity index (χ0n) is 36.7. The molecule has 0 aliphatic heterocycles. The molecule has 0 heterocycles. The molecule has 0 N–H and O–H groups in total. The molecule has 2 heteroatoms. The Labute approximate surface area is 374 Å². The molecule has 6 aliphatic carbocycles. The monoisotopic (exact) mass is 816 g/mol. The zero-order chi connectivity index (χ0) is 42.3. The summed E-state index contributed by atoms with van der Waals surface area (Å²) in [4.78, 5) is 5.05. The van der Waals surface area contributed by atoms with Crippen LogP contribution in [-0.2, 0) is 31.1 Å². The van der Waals surface area contributed by atoms with E-state index in [9.17, 15) is 0 Å². The van der Waals surface area contributed by atoms with Gasteiger partial charge in [0, 0.05) is 39.5 Å². The standard InChI is InChI=1S/C61H56N2/c1-61(2)57-21-13-12-20-55(57)56-39-38-54(42-58(56)61)63(53-36-32-48(33-37-53)46-16-8-4-9-17-46)60-41-44-23-27-49-26-22-43(24-28-50(60)29-25-44)40-59(49)62(51-18-10-5-11-19-51)52-34-30-47(31-35-52)45-14-6-3-7-15-45/h4-5,8-13,16-22,25-26,29-42,45H,3,6-7,14-15,23-24,27-28H2,1-2H3. The maximum atomic E-state index is 2.54. The van der Waals surface area contributed by atoms with Gasteiger partial charge >= 0.3 is 0 Å². The van der Waals surface area contributed by atoms with E-state index >= 15 is 0 Å². The highest BCUT2D eigenvalue weighted by molar-refractivity contribution is 5.87. The third-order valence-electron chi connectivity index (χ3n) is 14.4. The van der Waals surface area contributed by atoms with E-state index in [1.165, 1.54) is 127 Å². The number of nitrogens with zero attached hydrogens (tertiary/aromatic N) is 2. The van der Waals surface area contributed by atoms with E-state index in [0.29, 0.717) is 5.92 Å². The second-order valence-electron chi connectivity index (χ2n) is 18.7. The Bertz CT molecular complexity index is 2880. The Balaban J connectivity index is 0.985. The average molecular weight is 817 g/mol. The van der Waals surface area contributed by atoms with Crippen LogP contribution in [0, 0.1) is 0 Å². The van der Waals surface area contributed by atoms with E-state index < -0.39 is 0 Å². The minimum Gasteiger partial charge on any atom is -0.310 e. The number of fused-ring (bicyclic) bond motifs is 3. The molecule has 0 amide bonds. The fourth-order valence-corrected chi connectivity index (χ4v) is 11.0. The van der Waals surface area contributed by atoms with E-state index in [1.54, 1.807) is 0 Å². The molecule has 8 aromatic rings. The zero-order valence-corrected chi connectivity index (χ0v) is 36.7. The highest BCUT2D eigenvalue weighted by atomic mass is 15.2. The Kier molecular flexibility index (Phi) is 10.3. The molecular formula is C61H56N2. The Morgan fingerprint density at radius 3 is 1.56 bits per heavy atom. The largest absolute Gasteiger partial charge is 0.310 e. The first-order chi connectivity index (χ1) is 31.0. The summed E-state index contributed by atoms with van der Waals surface area (Å²) in [6, 6.07) is 71.3. The van der Waals surface area contributed by atoms with Crippen LogP contribution in [0.2, 0.25) is 0 Å². The molecule has 14 rings (SSSR count). The number of anilines is 6. The Hall–Kier alpha value is -6.64. The first kappa shape index (κ1) is 39.2. The predicted octanol–water partition coefficient (Wildman–Crippen LogP) is 16.5. The number of hydrogen-bond acceptors (Lipinski definition) is 2. The molecule has 2 nitrogen and oxygen atoms in total. The van der Waals surface area contributed by atoms with Crippen molar-refractivity contribution in [2.24, 2.45) is 0 Å². The third-order valence-corrected chi connectivity index (χ3v) is 14.4. The van der Waals surface area contributed by atoms with Gasteiger partial charge in [-0.3, -0.25) is 0 Å². The van der Waals surface area contributed by atoms with E-state index in [0.717, 1.165) is 25.7 Å². The third kappa shape index (κ3) is 7.46. The van der Waals surface area contributed by atoms with Gasteiger partial charge < -0.3 is 9.80 Å². The average Bonchev–Trinajstić information content (AvgIpc) is 3.57. The molecule has 1 fully saturated rings. The van der Waals surface area contributed by atoms with Crippen LogP contribution < -0.4 is 9.80 Å². The van der Waals surface area contributed by atoms with Gasteiger partial charge in [-0.05, 0) is 166 Å². The maximum Gasteiger partial charge on any atom is 0.0496 e. The normalized spacial score (nSPS) is 15.3. The van der Waals surface area contributed by atoms with Crippen molar-refractivity contribution in [3.05, 3.63) is 227 Å². The van der Waals surface area contributed by atoms with Crippen LogP contribution in [-0.4, -0.2) is 0 Å². The molecule has 63 heavy (non-hydrogen) atoms. The van der Waals surface area contributed by atoms with E-state index in [1.807, 2.05) is 0 Å². The molecule has 6 aliphatic rings. The van der Waals surface area contributed by atoms with Crippen molar-refractivity contribution < 1.29 is 0 Å². The topological polar surface area (TPSA) is 6.48 Å². The van der Waals surface area contributed by atoms with Crippen molar-refractivity contribution in [1.82, 2.24) is 0 Å². The van der Waals surface area contributed by atoms with Crippen LogP contribution in [0.25, 0.3) is 22.3 Å². The lowest BCUT2D eigenvalue weighted by Gasteiger charge is -2.31. The summed E-state index contributed by atoms with van der Waals surface area (Å²) < 4.78 is 0. The van der Waals surface area contributed by atoms with Crippen molar-refractivity contribution in [3.8, 4) is 22.3 Å². The summed E-state index contributed by atoms with van der Waals surface area (Å²) in [6.45, 7) is 4.77. The maximum absolute atomic E-state index is 2.54. The summed E-state index contributed by atoms with van der Waals surface area (Å²) >= 11 is 0. The van der Waals surface area contributed by atoms with Gasteiger partial charge in [-0.1, -0.05) is 161 Å². The smallest absolute Gasteiger partial charge is 0.0496 e. The van der Waals surface area contributed by atoms with Crippen LogP contribution in [0.1, 0.15) is 90.8 Å². The van der Waals surface area contributed by atoms with Crippen LogP contribution >= 0.6 is 0 Å². The van der Waals surface area contributed by atoms with E-state index in [4.69, 9.17) is 0 Å². The van der Waals surface area contributed by atoms with Crippen LogP contribution in [0.3, 0.4) is 0 Å². The highest BCUT2D eigenvalue weighted by Gasteiger charge is 2.36. The van der Waals surface area contributed by atoms with E-state index in [2.05, 4.69) is 212 Å². The molecule has 0 spiro atoms. The number of aryl methyl sites for hydroxylation is 4. The van der Waals surface area contributed by atoms with Crippen LogP contribution in [0.5, 0.6) is 0 Å². The molecule has 0 radical (unpaired) electrons. The molecule has 310 valence electrons. The van der Waals surface area contributed by atoms with Crippen molar-refractivity contribution >= 4 is 34.1 Å². The molecular weight excluding hydrogens is 761 g/mol. The lowest BCUT2D eigenvalue weighted by atomic mass is 9.82. The summed E-state index contributed by atoms with van der Waals surface area (Å²) in [5.41, 5.74) is 22.2. The van der Waals surface area contributed by atoms with Gasteiger partial charge in [-0.15, -0.1) is 0 Å². The second kappa shape index (κ2) is 16.6. The number of benzene rings is 8. The van der Waals surface area contributed by atoms with E-state index in [-0.39, 0.29) is 5.41 Å². The SMILES string of the molecule is CC1(C)c2ccccc2-c2ccc(N(c3ccc(-c4ccccc4)cc3)c3cc4ccc3CCc3ccc(c(N(c5ccccc5)c5ccc(C6CCCCC6)cc5)c3)CC4)cc21. The minimum atomic E-state index is -0.0962. The van der Waals surface area contributed by atoms with Crippen molar-refractivity contribution in [2.45, 2.75) is 83.0 Å². The number of rotatable bonds is 8. The van der Waals surface area contributed by atoms with Gasteiger partial charge in [0.25, 0.3) is 0 Å². The van der Waals surface area contributed by atoms with Crippen LogP contribution in [0.15, 0.2) is 188 Å². The van der Waals surface area contributed by atoms with Crippen molar-refractivity contribution in [2.75, 3.05) is 9.80 Å². The predicted molar refractivity (Wildman–Crippen MR) is 266 cm³/mol. The molecule has 8 aromatic carbocycles. The molecule has 0 atom stereocenters. The lowest BCUT2D eigenvalue weighted by Crippen LogP contribution is -2.17. The quantitative estimate of drug-likeness (QED) is 0.151. The van der Waals surface area contributed by atoms with Gasteiger partial charge in [0.2, 0.25) is 0 Å². The van der Waals surface area contributed by atoms with Gasteiger partial charge in [0.05, 0.1) is 0 Å². The first-order valence-corrected chi connectivity index (χ1v) is 23.4. The summed E-state index contributed by atoms with van der Waals surface area (Å²) in [6.07, 6.45) is 10.5. The molecule has 0 aromatic heterocycles. The number of para-hydroxylation sites is 1. The van der Waals surface area contributed by atoms with Gasteiger partial charge in [0.1, 0.15) is 0 Å². The van der Waals surface area contributed by atoms with Crippen molar-refractivity contribution in [1.29, 1.82) is 0 Å². The highest BCUT2D eigenvalue weighted by Crippen LogP contribution is 2.51. The number of hydrogen-bond donors (Lipinski definition) is 0. The first-order valence-electron chi connectivity index (χ1n) is 23.4. The second-order valence-corrected chi connectivity index (χ2v) is 18.7. The molecule has 4 bridgehead atoms. The Morgan fingerprint density at radius 2 is 0.905 bits per heavy atom. The molecule has 1 saturated carbocycles. The Morgan fingerprint density at radius 1 is 0.397 bits per heavy atom. The van der Waals surface area contributed by atoms with Crippen LogP contribution in [0.4, 0.5) is 34.1 Å². The fourth-order valence-electron chi connectivity index (χ4n) is 11.0. The minimum absolute atomic E-state index is 0.0962. The summed E-state index contributed by atoms with van der Waals surface area (Å²) in [5, 5.41) is 0. The van der Waals surface area contributed by atoms with Gasteiger partial charge in [0.15, 0.2) is 0 Å². The summed E-state index contributed by atoms with van der Waals surface area (Å²) in [5.74, 6) is 0.689. The molecule has 0 saturated heterocycles. The van der Waals surface area contributed by atoms with Gasteiger partial charge in [-0.2, -0.15) is 0 Å².